The van der Waals surface area contributed by atoms with Gasteiger partial charge in [-0.15, -0.1) is 0 Å². The number of carbonyl (C=O) groups is 4. The van der Waals surface area contributed by atoms with Crippen molar-refractivity contribution in [3.05, 3.63) is 24.3 Å². The van der Waals surface area contributed by atoms with Gasteiger partial charge in [0.1, 0.15) is 0 Å². The highest BCUT2D eigenvalue weighted by Crippen LogP contribution is 2.38. The van der Waals surface area contributed by atoms with Crippen LogP contribution >= 0.6 is 23.5 Å². The maximum Gasteiger partial charge on any atom is 0.308 e. The Bertz CT molecular complexity index is 1350. The second kappa shape index (κ2) is 43.4. The molecule has 1 N–H and O–H groups in total. The van der Waals surface area contributed by atoms with E-state index in [4.69, 9.17) is 13.9 Å². The molecule has 0 aliphatic rings. The number of rotatable bonds is 42. The molecule has 0 aromatic heterocycles. The van der Waals surface area contributed by atoms with Crippen LogP contribution in [0, 0.1) is 0 Å². The van der Waals surface area contributed by atoms with Crippen molar-refractivity contribution in [3.63, 3.8) is 0 Å². The van der Waals surface area contributed by atoms with E-state index in [1.807, 2.05) is 12.2 Å². The van der Waals surface area contributed by atoms with Gasteiger partial charge in [-0.1, -0.05) is 237 Å². The third kappa shape index (κ3) is 50.4. The molecule has 0 bridgehead atoms. The van der Waals surface area contributed by atoms with E-state index in [-0.39, 0.29) is 41.0 Å². The van der Waals surface area contributed by atoms with E-state index in [1.54, 1.807) is 6.08 Å². The molecule has 0 aromatic carbocycles. The van der Waals surface area contributed by atoms with Crippen molar-refractivity contribution in [3.8, 4) is 0 Å². The van der Waals surface area contributed by atoms with Crippen LogP contribution in [-0.2, 0) is 33.1 Å². The van der Waals surface area contributed by atoms with Crippen molar-refractivity contribution >= 4 is 70.2 Å². The van der Waals surface area contributed by atoms with Crippen LogP contribution in [0.1, 0.15) is 202 Å². The van der Waals surface area contributed by atoms with E-state index in [1.165, 1.54) is 133 Å². The Morgan fingerprint density at radius 3 is 1.23 bits per heavy atom. The number of carbonyl (C=O) groups excluding carboxylic acids is 4. The molecular formula is C56H110O8S2Si3. The largest absolute Gasteiger partial charge is 0.466 e. The summed E-state index contributed by atoms with van der Waals surface area (Å²) in [5.41, 5.74) is 0. The monoisotopic (exact) mass is 1060 g/mol. The maximum absolute atomic E-state index is 12.5. The molecule has 406 valence electrons. The molecule has 0 aliphatic carbocycles. The molecule has 69 heavy (non-hydrogen) atoms. The van der Waals surface area contributed by atoms with Crippen molar-refractivity contribution < 1.29 is 38.2 Å². The van der Waals surface area contributed by atoms with E-state index in [2.05, 4.69) is 93.1 Å². The van der Waals surface area contributed by atoms with Crippen molar-refractivity contribution in [1.82, 2.24) is 0 Å². The molecule has 8 nitrogen and oxygen atoms in total. The first-order chi connectivity index (χ1) is 32.4. The molecule has 2 atom stereocenters. The normalized spacial score (nSPS) is 13.4. The average molecular weight is 1060 g/mol. The van der Waals surface area contributed by atoms with Gasteiger partial charge in [0.2, 0.25) is 0 Å². The van der Waals surface area contributed by atoms with E-state index in [9.17, 15) is 24.3 Å². The Morgan fingerprint density at radius 2 is 0.870 bits per heavy atom. The van der Waals surface area contributed by atoms with Gasteiger partial charge in [0.05, 0.1) is 38.3 Å². The van der Waals surface area contributed by atoms with Crippen LogP contribution < -0.4 is 0 Å². The van der Waals surface area contributed by atoms with E-state index >= 15 is 0 Å². The summed E-state index contributed by atoms with van der Waals surface area (Å²) in [7, 11) is -4.47. The van der Waals surface area contributed by atoms with Crippen LogP contribution in [-0.4, -0.2) is 88.7 Å². The lowest BCUT2D eigenvalue weighted by Gasteiger charge is -2.38. The Morgan fingerprint density at radius 1 is 0.522 bits per heavy atom. The number of aliphatic hydroxyl groups excluding tert-OH is 1. The van der Waals surface area contributed by atoms with Crippen molar-refractivity contribution in [2.45, 2.75) is 283 Å². The highest BCUT2D eigenvalue weighted by Gasteiger charge is 2.39. The summed E-state index contributed by atoms with van der Waals surface area (Å²) in [6.07, 6.45) is 35.3. The molecule has 0 unspecified atom stereocenters. The number of thioether (sulfide) groups is 2. The fourth-order valence-electron chi connectivity index (χ4n) is 6.81. The zero-order valence-corrected chi connectivity index (χ0v) is 51.8. The summed E-state index contributed by atoms with van der Waals surface area (Å²) >= 11 is 2.82. The lowest BCUT2D eigenvalue weighted by Crippen LogP contribution is -2.44. The van der Waals surface area contributed by atoms with Gasteiger partial charge in [-0.2, -0.15) is 0 Å². The van der Waals surface area contributed by atoms with Gasteiger partial charge in [-0.25, -0.2) is 0 Å². The van der Waals surface area contributed by atoms with Gasteiger partial charge in [-0.05, 0) is 55.9 Å². The van der Waals surface area contributed by atoms with Crippen LogP contribution in [0.15, 0.2) is 24.3 Å². The molecule has 0 spiro atoms. The third-order valence-electron chi connectivity index (χ3n) is 12.5. The fourth-order valence-corrected chi connectivity index (χ4v) is 11.0. The Kier molecular flexibility index (Phi) is 44.1. The number of esters is 2. The number of hydrogen-bond donors (Lipinski definition) is 1. The van der Waals surface area contributed by atoms with Gasteiger partial charge >= 0.3 is 11.9 Å². The summed E-state index contributed by atoms with van der Waals surface area (Å²) in [5, 5.41) is 10.5. The molecule has 0 heterocycles. The minimum Gasteiger partial charge on any atom is -0.466 e. The lowest BCUT2D eigenvalue weighted by atomic mass is 10.1. The fraction of sp³-hybridized carbons (Fsp3) is 0.857. The molecular weight excluding hydrogens is 949 g/mol. The smallest absolute Gasteiger partial charge is 0.308 e. The van der Waals surface area contributed by atoms with Crippen LogP contribution in [0.2, 0.25) is 69.5 Å². The lowest BCUT2D eigenvalue weighted by molar-refractivity contribution is -0.145. The van der Waals surface area contributed by atoms with E-state index in [0.29, 0.717) is 31.2 Å². The molecule has 0 saturated heterocycles. The highest BCUT2D eigenvalue weighted by atomic mass is 32.2. The van der Waals surface area contributed by atoms with Crippen molar-refractivity contribution in [2.75, 3.05) is 24.7 Å². The van der Waals surface area contributed by atoms with Crippen LogP contribution in [0.4, 0.5) is 0 Å². The van der Waals surface area contributed by atoms with Gasteiger partial charge in [0.15, 0.2) is 18.5 Å². The van der Waals surface area contributed by atoms with Crippen LogP contribution in [0.5, 0.6) is 0 Å². The number of ether oxygens (including phenoxy) is 2. The quantitative estimate of drug-likeness (QED) is 0.0274. The van der Waals surface area contributed by atoms with Gasteiger partial charge < -0.3 is 19.0 Å². The Balaban J connectivity index is 0. The summed E-state index contributed by atoms with van der Waals surface area (Å²) in [4.78, 5) is 48.4. The zero-order valence-electron chi connectivity index (χ0n) is 47.2. The molecule has 0 saturated carbocycles. The number of unbranched alkanes of at least 4 members (excludes halogenated alkanes) is 18. The minimum absolute atomic E-state index is 0.00693. The molecule has 13 heteroatoms. The summed E-state index contributed by atoms with van der Waals surface area (Å²) in [6.45, 7) is 30.1. The molecule has 0 aromatic rings. The second-order valence-corrected chi connectivity index (χ2v) is 41.5. The summed E-state index contributed by atoms with van der Waals surface area (Å²) < 4.78 is 17.3. The predicted octanol–water partition coefficient (Wildman–Crippen LogP) is 17.3. The average Bonchev–Trinajstić information content (AvgIpc) is 3.23. The zero-order chi connectivity index (χ0) is 52.5. The van der Waals surface area contributed by atoms with Gasteiger partial charge in [0.25, 0.3) is 0 Å². The first-order valence-electron chi connectivity index (χ1n) is 27.7. The number of hydrogen-bond acceptors (Lipinski definition) is 10. The SMILES string of the molecule is CCCCCCCCCCCCC(=O)SCC/C=C/[C@@H](O)CC(=O)OCC[Si](C)(C)C.CCCCCCCCCCCCC(=O)SCC/C=C/[C@H](CC(=O)OCC[Si](C)(C)C)O[Si](C)(C)C(C)(C)C. The summed E-state index contributed by atoms with van der Waals surface area (Å²) in [6, 6.07) is 1.92. The summed E-state index contributed by atoms with van der Waals surface area (Å²) in [5.74, 6) is 0.968. The Labute approximate surface area is 438 Å². The first kappa shape index (κ1) is 70.1. The van der Waals surface area contributed by atoms with Crippen molar-refractivity contribution in [2.24, 2.45) is 0 Å². The first-order valence-corrected chi connectivity index (χ1v) is 40.0. The standard InChI is InChI=1S/C31H62O4SSi2.C25H48O4SSi/c1-10-11-12-13-14-15-16-17-18-19-23-30(33)36-25-21-20-22-28(35-38(8,9)31(2,3)4)27-29(32)34-24-26-37(5,6)7;1-5-6-7-8-9-10-11-12-13-14-18-25(28)30-20-16-15-17-23(26)22-24(27)29-19-21-31(2,3)4/h20,22,28H,10-19,21,23-27H2,1-9H3;15,17,23,26H,5-14,16,18-22H2,1-4H3/b22-20+;17-15+/t28-;23-/m11/s1. The second-order valence-electron chi connectivity index (χ2n) is 23.2. The third-order valence-corrected chi connectivity index (χ3v) is 22.3. The van der Waals surface area contributed by atoms with E-state index in [0.717, 1.165) is 55.7 Å². The minimum atomic E-state index is -2.03. The molecule has 0 fully saturated rings. The van der Waals surface area contributed by atoms with E-state index < -0.39 is 30.6 Å². The molecule has 0 radical (unpaired) electrons. The number of allylic oxidation sites excluding steroid dienone is 2. The molecule has 0 amide bonds. The van der Waals surface area contributed by atoms with Crippen LogP contribution in [0.25, 0.3) is 0 Å². The predicted molar refractivity (Wildman–Crippen MR) is 311 cm³/mol. The van der Waals surface area contributed by atoms with Gasteiger partial charge in [-0.3, -0.25) is 19.2 Å². The number of aliphatic hydroxyl groups is 1. The topological polar surface area (TPSA) is 116 Å². The molecule has 0 rings (SSSR count). The Hall–Kier alpha value is -0.969. The van der Waals surface area contributed by atoms with Crippen LogP contribution in [0.3, 0.4) is 0 Å². The van der Waals surface area contributed by atoms with Gasteiger partial charge in [0, 0.05) is 40.5 Å². The highest BCUT2D eigenvalue weighted by molar-refractivity contribution is 8.13. The molecule has 0 aliphatic heterocycles. The van der Waals surface area contributed by atoms with Crippen molar-refractivity contribution in [1.29, 1.82) is 0 Å². The maximum atomic E-state index is 12.5.